The number of thiophene rings is 1. The number of nitrogens with one attached hydrogen (secondary N) is 1. The number of fused-ring (bicyclic) bond motifs is 3. The van der Waals surface area contributed by atoms with Gasteiger partial charge in [0.2, 0.25) is 5.91 Å². The van der Waals surface area contributed by atoms with Crippen LogP contribution in [0.2, 0.25) is 0 Å². The van der Waals surface area contributed by atoms with Crippen molar-refractivity contribution in [3.63, 3.8) is 0 Å². The van der Waals surface area contributed by atoms with Crippen molar-refractivity contribution in [2.45, 2.75) is 51.1 Å². The molecule has 2 aromatic rings. The average Bonchev–Trinajstić information content (AvgIpc) is 3.09. The fourth-order valence-corrected chi connectivity index (χ4v) is 6.05. The van der Waals surface area contributed by atoms with E-state index in [2.05, 4.69) is 24.1 Å². The molecule has 2 aromatic heterocycles. The molecule has 0 aromatic carbocycles. The van der Waals surface area contributed by atoms with Gasteiger partial charge in [0, 0.05) is 29.9 Å². The predicted octanol–water partition coefficient (Wildman–Crippen LogP) is 3.27. The van der Waals surface area contributed by atoms with Gasteiger partial charge in [-0.25, -0.2) is 9.97 Å². The summed E-state index contributed by atoms with van der Waals surface area (Å²) in [4.78, 5) is 27.1. The third kappa shape index (κ3) is 5.29. The smallest absolute Gasteiger partial charge is 0.230 e. The second-order valence-electron chi connectivity index (χ2n) is 8.21. The summed E-state index contributed by atoms with van der Waals surface area (Å²) in [7, 11) is 0. The summed E-state index contributed by atoms with van der Waals surface area (Å²) in [5.41, 5.74) is 1.43. The van der Waals surface area contributed by atoms with Crippen LogP contribution in [0.1, 0.15) is 43.0 Å². The minimum absolute atomic E-state index is 0.0780. The monoisotopic (exact) mass is 434 g/mol. The predicted molar refractivity (Wildman–Crippen MR) is 119 cm³/mol. The number of aromatic nitrogens is 2. The van der Waals surface area contributed by atoms with Crippen LogP contribution in [0.5, 0.6) is 0 Å². The molecule has 3 heterocycles. The first-order valence-corrected chi connectivity index (χ1v) is 12.4. The highest BCUT2D eigenvalue weighted by Crippen LogP contribution is 2.39. The van der Waals surface area contributed by atoms with Crippen LogP contribution in [0.3, 0.4) is 0 Å². The molecule has 0 spiro atoms. The van der Waals surface area contributed by atoms with Gasteiger partial charge in [-0.1, -0.05) is 25.6 Å². The van der Waals surface area contributed by atoms with Gasteiger partial charge >= 0.3 is 0 Å². The van der Waals surface area contributed by atoms with Crippen LogP contribution in [-0.4, -0.2) is 59.4 Å². The van der Waals surface area contributed by atoms with Crippen molar-refractivity contribution in [3.05, 3.63) is 16.3 Å². The van der Waals surface area contributed by atoms with E-state index in [1.165, 1.54) is 28.7 Å². The van der Waals surface area contributed by atoms with E-state index in [0.717, 1.165) is 61.4 Å². The molecule has 1 N–H and O–H groups in total. The normalized spacial score (nSPS) is 17.6. The summed E-state index contributed by atoms with van der Waals surface area (Å²) in [6.45, 7) is 9.06. The molecule has 1 aliphatic carbocycles. The summed E-state index contributed by atoms with van der Waals surface area (Å²) >= 11 is 3.39. The van der Waals surface area contributed by atoms with Crippen molar-refractivity contribution in [2.75, 3.05) is 38.6 Å². The molecular weight excluding hydrogens is 404 g/mol. The molecule has 2 aliphatic rings. The van der Waals surface area contributed by atoms with E-state index in [0.29, 0.717) is 18.2 Å². The SMILES string of the molecule is CC(C)CNC(=O)CSc1nc(CN2CCOCC2)nc2sc3c(c12)CCCC3. The fraction of sp³-hybridized carbons (Fsp3) is 0.667. The second-order valence-corrected chi connectivity index (χ2v) is 10.3. The van der Waals surface area contributed by atoms with E-state index in [-0.39, 0.29) is 5.91 Å². The van der Waals surface area contributed by atoms with Crippen molar-refractivity contribution in [1.29, 1.82) is 0 Å². The van der Waals surface area contributed by atoms with Crippen LogP contribution in [-0.2, 0) is 28.9 Å². The lowest BCUT2D eigenvalue weighted by molar-refractivity contribution is -0.118. The van der Waals surface area contributed by atoms with Crippen LogP contribution in [0, 0.1) is 5.92 Å². The third-order valence-electron chi connectivity index (χ3n) is 5.34. The Kier molecular flexibility index (Phi) is 7.05. The molecule has 158 valence electrons. The zero-order valence-electron chi connectivity index (χ0n) is 17.3. The van der Waals surface area contributed by atoms with Gasteiger partial charge in [-0.15, -0.1) is 11.3 Å². The summed E-state index contributed by atoms with van der Waals surface area (Å²) in [5, 5.41) is 5.20. The van der Waals surface area contributed by atoms with Crippen LogP contribution in [0.4, 0.5) is 0 Å². The van der Waals surface area contributed by atoms with Gasteiger partial charge in [-0.05, 0) is 37.2 Å². The Labute approximate surface area is 180 Å². The van der Waals surface area contributed by atoms with Crippen LogP contribution in [0.15, 0.2) is 5.03 Å². The highest BCUT2D eigenvalue weighted by atomic mass is 32.2. The molecule has 1 amide bonds. The Morgan fingerprint density at radius 1 is 1.24 bits per heavy atom. The molecule has 0 unspecified atom stereocenters. The Morgan fingerprint density at radius 2 is 2.03 bits per heavy atom. The van der Waals surface area contributed by atoms with Crippen LogP contribution in [0.25, 0.3) is 10.2 Å². The van der Waals surface area contributed by atoms with E-state index < -0.39 is 0 Å². The van der Waals surface area contributed by atoms with Crippen LogP contribution < -0.4 is 5.32 Å². The molecule has 6 nitrogen and oxygen atoms in total. The number of aryl methyl sites for hydroxylation is 2. The highest BCUT2D eigenvalue weighted by molar-refractivity contribution is 8.00. The Balaban J connectivity index is 1.58. The molecule has 0 bridgehead atoms. The number of carbonyl (C=O) groups excluding carboxylic acids is 1. The highest BCUT2D eigenvalue weighted by Gasteiger charge is 2.23. The standard InChI is InChI=1S/C21H30N4O2S2/c1-14(2)11-22-18(26)13-28-20-19-15-5-3-4-6-16(15)29-21(19)24-17(23-20)12-25-7-9-27-10-8-25/h14H,3-13H2,1-2H3,(H,22,26). The first kappa shape index (κ1) is 21.0. The summed E-state index contributed by atoms with van der Waals surface area (Å²) in [6, 6.07) is 0. The molecule has 0 saturated carbocycles. The molecule has 1 aliphatic heterocycles. The number of morpholine rings is 1. The summed E-state index contributed by atoms with van der Waals surface area (Å²) < 4.78 is 5.46. The van der Waals surface area contributed by atoms with Gasteiger partial charge in [-0.3, -0.25) is 9.69 Å². The van der Waals surface area contributed by atoms with Gasteiger partial charge in [0.25, 0.3) is 0 Å². The molecule has 8 heteroatoms. The van der Waals surface area contributed by atoms with Gasteiger partial charge in [0.05, 0.1) is 25.5 Å². The van der Waals surface area contributed by atoms with E-state index in [9.17, 15) is 4.79 Å². The van der Waals surface area contributed by atoms with Crippen molar-refractivity contribution in [2.24, 2.45) is 5.92 Å². The average molecular weight is 435 g/mol. The van der Waals surface area contributed by atoms with E-state index >= 15 is 0 Å². The van der Waals surface area contributed by atoms with Gasteiger partial charge < -0.3 is 10.1 Å². The maximum Gasteiger partial charge on any atom is 0.230 e. The maximum atomic E-state index is 12.3. The molecule has 4 rings (SSSR count). The first-order chi connectivity index (χ1) is 14.1. The lowest BCUT2D eigenvalue weighted by Crippen LogP contribution is -2.36. The Bertz CT molecular complexity index is 862. The quantitative estimate of drug-likeness (QED) is 0.533. The molecule has 1 saturated heterocycles. The Morgan fingerprint density at radius 3 is 2.83 bits per heavy atom. The van der Waals surface area contributed by atoms with Gasteiger partial charge in [0.1, 0.15) is 15.7 Å². The van der Waals surface area contributed by atoms with E-state index in [4.69, 9.17) is 14.7 Å². The van der Waals surface area contributed by atoms with Crippen molar-refractivity contribution >= 4 is 39.2 Å². The van der Waals surface area contributed by atoms with Gasteiger partial charge in [0.15, 0.2) is 0 Å². The second kappa shape index (κ2) is 9.73. The van der Waals surface area contributed by atoms with Crippen LogP contribution >= 0.6 is 23.1 Å². The minimum Gasteiger partial charge on any atom is -0.379 e. The number of ether oxygens (including phenoxy) is 1. The van der Waals surface area contributed by atoms with Crippen molar-refractivity contribution in [3.8, 4) is 0 Å². The first-order valence-electron chi connectivity index (χ1n) is 10.6. The van der Waals surface area contributed by atoms with Gasteiger partial charge in [-0.2, -0.15) is 0 Å². The topological polar surface area (TPSA) is 67.4 Å². The molecule has 29 heavy (non-hydrogen) atoms. The number of hydrogen-bond donors (Lipinski definition) is 1. The fourth-order valence-electron chi connectivity index (χ4n) is 3.80. The van der Waals surface area contributed by atoms with E-state index in [1.54, 1.807) is 11.8 Å². The zero-order valence-corrected chi connectivity index (χ0v) is 19.0. The lowest BCUT2D eigenvalue weighted by atomic mass is 9.97. The largest absolute Gasteiger partial charge is 0.379 e. The number of nitrogens with zero attached hydrogens (tertiary/aromatic N) is 3. The number of rotatable bonds is 7. The molecular formula is C21H30N4O2S2. The number of carbonyl (C=O) groups is 1. The summed E-state index contributed by atoms with van der Waals surface area (Å²) in [5.74, 6) is 1.80. The molecule has 0 radical (unpaired) electrons. The Hall–Kier alpha value is -1.22. The van der Waals surface area contributed by atoms with E-state index in [1.807, 2.05) is 11.3 Å². The lowest BCUT2D eigenvalue weighted by Gasteiger charge is -2.25. The minimum atomic E-state index is 0.0780. The molecule has 1 fully saturated rings. The number of amides is 1. The maximum absolute atomic E-state index is 12.3. The zero-order chi connectivity index (χ0) is 20.2. The van der Waals surface area contributed by atoms with Crippen molar-refractivity contribution in [1.82, 2.24) is 20.2 Å². The number of hydrogen-bond acceptors (Lipinski definition) is 7. The molecule has 0 atom stereocenters. The summed E-state index contributed by atoms with van der Waals surface area (Å²) in [6.07, 6.45) is 4.74. The van der Waals surface area contributed by atoms with Crippen molar-refractivity contribution < 1.29 is 9.53 Å². The number of thioether (sulfide) groups is 1. The third-order valence-corrected chi connectivity index (χ3v) is 7.51.